The molecule has 2 heteroatoms. The monoisotopic (exact) mass is 627 g/mol. The smallest absolute Gasteiger partial charge is 0.0468 e. The van der Waals surface area contributed by atoms with Crippen molar-refractivity contribution in [3.63, 3.8) is 0 Å². The van der Waals surface area contributed by atoms with Crippen LogP contribution in [0.2, 0.25) is 0 Å². The highest BCUT2D eigenvalue weighted by molar-refractivity contribution is 7.25. The Kier molecular flexibility index (Phi) is 6.12. The molecule has 10 rings (SSSR count). The van der Waals surface area contributed by atoms with Crippen LogP contribution in [0.25, 0.3) is 74.4 Å². The van der Waals surface area contributed by atoms with E-state index in [4.69, 9.17) is 0 Å². The second kappa shape index (κ2) is 10.8. The maximum absolute atomic E-state index is 2.37. The summed E-state index contributed by atoms with van der Waals surface area (Å²) in [5, 5.41) is 12.9. The van der Waals surface area contributed by atoms with Crippen molar-refractivity contribution in [3.05, 3.63) is 176 Å². The molecule has 0 aliphatic rings. The van der Waals surface area contributed by atoms with Crippen LogP contribution >= 0.6 is 11.3 Å². The Labute approximate surface area is 282 Å². The second-order valence-corrected chi connectivity index (χ2v) is 13.7. The van der Waals surface area contributed by atoms with Gasteiger partial charge in [-0.25, -0.2) is 0 Å². The molecule has 0 saturated heterocycles. The molecule has 0 unspecified atom stereocenters. The van der Waals surface area contributed by atoms with Gasteiger partial charge in [0.05, 0.1) is 0 Å². The lowest BCUT2D eigenvalue weighted by molar-refractivity contribution is 1.29. The molecule has 0 amide bonds. The van der Waals surface area contributed by atoms with Gasteiger partial charge < -0.3 is 4.90 Å². The summed E-state index contributed by atoms with van der Waals surface area (Å²) in [5.74, 6) is 0. The standard InChI is InChI=1S/C46H29NS/c1-2-9-37(10-3-1)47(39-24-20-34-29-45-43(28-36(34)27-39)42-12-6-7-13-44(42)48-45)38-22-18-30(19-23-38)33-21-25-41-35(26-33)17-16-32-15-14-31-8-4-5-11-40(31)46(32)41/h1-29H. The van der Waals surface area contributed by atoms with Crippen LogP contribution in [-0.4, -0.2) is 0 Å². The molecular formula is C46H29NS. The van der Waals surface area contributed by atoms with Crippen molar-refractivity contribution in [3.8, 4) is 11.1 Å². The third-order valence-electron chi connectivity index (χ3n) is 9.78. The zero-order chi connectivity index (χ0) is 31.6. The highest BCUT2D eigenvalue weighted by Crippen LogP contribution is 2.41. The Morgan fingerprint density at radius 3 is 1.83 bits per heavy atom. The van der Waals surface area contributed by atoms with Gasteiger partial charge in [-0.2, -0.15) is 0 Å². The molecule has 0 aliphatic carbocycles. The Hall–Kier alpha value is -5.96. The summed E-state index contributed by atoms with van der Waals surface area (Å²) in [6.45, 7) is 0. The molecular weight excluding hydrogens is 599 g/mol. The van der Waals surface area contributed by atoms with Crippen LogP contribution in [0.3, 0.4) is 0 Å². The Bertz CT molecular complexity index is 2830. The van der Waals surface area contributed by atoms with Crippen LogP contribution in [0.1, 0.15) is 0 Å². The van der Waals surface area contributed by atoms with Crippen molar-refractivity contribution >= 4 is 91.7 Å². The third-order valence-corrected chi connectivity index (χ3v) is 10.9. The zero-order valence-electron chi connectivity index (χ0n) is 26.1. The third kappa shape index (κ3) is 4.38. The molecule has 0 atom stereocenters. The zero-order valence-corrected chi connectivity index (χ0v) is 26.9. The van der Waals surface area contributed by atoms with E-state index in [1.165, 1.54) is 74.4 Å². The van der Waals surface area contributed by atoms with Crippen molar-refractivity contribution in [1.29, 1.82) is 0 Å². The normalized spacial score (nSPS) is 11.8. The molecule has 10 aromatic rings. The predicted octanol–water partition coefficient (Wildman–Crippen LogP) is 13.8. The Balaban J connectivity index is 1.06. The number of hydrogen-bond donors (Lipinski definition) is 0. The van der Waals surface area contributed by atoms with E-state index in [0.717, 1.165) is 17.1 Å². The second-order valence-electron chi connectivity index (χ2n) is 12.6. The minimum Gasteiger partial charge on any atom is -0.310 e. The molecule has 0 aliphatic heterocycles. The van der Waals surface area contributed by atoms with Gasteiger partial charge in [-0.3, -0.25) is 0 Å². The van der Waals surface area contributed by atoms with Crippen LogP contribution in [0.4, 0.5) is 17.1 Å². The summed E-state index contributed by atoms with van der Waals surface area (Å²) in [6, 6.07) is 64.5. The van der Waals surface area contributed by atoms with Gasteiger partial charge >= 0.3 is 0 Å². The molecule has 224 valence electrons. The first-order chi connectivity index (χ1) is 23.8. The number of fused-ring (bicyclic) bond motifs is 9. The Morgan fingerprint density at radius 2 is 0.958 bits per heavy atom. The molecule has 9 aromatic carbocycles. The quantitative estimate of drug-likeness (QED) is 0.176. The van der Waals surface area contributed by atoms with E-state index in [9.17, 15) is 0 Å². The molecule has 48 heavy (non-hydrogen) atoms. The summed E-state index contributed by atoms with van der Waals surface area (Å²) >= 11 is 1.87. The lowest BCUT2D eigenvalue weighted by atomic mass is 9.94. The van der Waals surface area contributed by atoms with E-state index >= 15 is 0 Å². The number of thiophene rings is 1. The number of anilines is 3. The first-order valence-corrected chi connectivity index (χ1v) is 17.2. The fourth-order valence-corrected chi connectivity index (χ4v) is 8.57. The number of para-hydroxylation sites is 1. The van der Waals surface area contributed by atoms with Gasteiger partial charge in [-0.15, -0.1) is 11.3 Å². The van der Waals surface area contributed by atoms with Crippen molar-refractivity contribution in [1.82, 2.24) is 0 Å². The first-order valence-electron chi connectivity index (χ1n) is 16.4. The van der Waals surface area contributed by atoms with Crippen LogP contribution in [0.15, 0.2) is 176 Å². The maximum atomic E-state index is 2.37. The lowest BCUT2D eigenvalue weighted by Crippen LogP contribution is -2.09. The molecule has 0 saturated carbocycles. The van der Waals surface area contributed by atoms with Crippen LogP contribution in [0, 0.1) is 0 Å². The van der Waals surface area contributed by atoms with Crippen molar-refractivity contribution in [2.75, 3.05) is 4.90 Å². The largest absolute Gasteiger partial charge is 0.310 e. The van der Waals surface area contributed by atoms with E-state index in [1.54, 1.807) is 0 Å². The van der Waals surface area contributed by atoms with Gasteiger partial charge in [0.1, 0.15) is 0 Å². The fourth-order valence-electron chi connectivity index (χ4n) is 7.44. The fraction of sp³-hybridized carbons (Fsp3) is 0. The molecule has 0 radical (unpaired) electrons. The molecule has 0 bridgehead atoms. The van der Waals surface area contributed by atoms with Crippen molar-refractivity contribution in [2.45, 2.75) is 0 Å². The van der Waals surface area contributed by atoms with Gasteiger partial charge in [0.25, 0.3) is 0 Å². The average molecular weight is 628 g/mol. The molecule has 0 spiro atoms. The van der Waals surface area contributed by atoms with E-state index in [1.807, 2.05) is 11.3 Å². The van der Waals surface area contributed by atoms with Crippen LogP contribution < -0.4 is 4.90 Å². The van der Waals surface area contributed by atoms with Gasteiger partial charge in [0.2, 0.25) is 0 Å². The van der Waals surface area contributed by atoms with E-state index < -0.39 is 0 Å². The van der Waals surface area contributed by atoms with Gasteiger partial charge in [-0.05, 0) is 115 Å². The van der Waals surface area contributed by atoms with E-state index in [2.05, 4.69) is 181 Å². The highest BCUT2D eigenvalue weighted by atomic mass is 32.1. The van der Waals surface area contributed by atoms with Crippen molar-refractivity contribution in [2.24, 2.45) is 0 Å². The minimum absolute atomic E-state index is 1.13. The lowest BCUT2D eigenvalue weighted by Gasteiger charge is -2.26. The maximum Gasteiger partial charge on any atom is 0.0468 e. The highest BCUT2D eigenvalue weighted by Gasteiger charge is 2.15. The number of rotatable bonds is 4. The summed E-state index contributed by atoms with van der Waals surface area (Å²) in [7, 11) is 0. The summed E-state index contributed by atoms with van der Waals surface area (Å²) in [6.07, 6.45) is 0. The molecule has 1 heterocycles. The average Bonchev–Trinajstić information content (AvgIpc) is 3.51. The topological polar surface area (TPSA) is 3.24 Å². The molecule has 0 N–H and O–H groups in total. The SMILES string of the molecule is c1ccc(N(c2ccc(-c3ccc4c(ccc5ccc6ccccc6c54)c3)cc2)c2ccc3cc4sc5ccccc5c4cc3c2)cc1. The van der Waals surface area contributed by atoms with Gasteiger partial charge in [-0.1, -0.05) is 115 Å². The number of benzene rings is 9. The number of hydrogen-bond acceptors (Lipinski definition) is 2. The van der Waals surface area contributed by atoms with Crippen molar-refractivity contribution < 1.29 is 0 Å². The number of nitrogens with zero attached hydrogens (tertiary/aromatic N) is 1. The van der Waals surface area contributed by atoms with Crippen LogP contribution in [-0.2, 0) is 0 Å². The molecule has 1 aromatic heterocycles. The van der Waals surface area contributed by atoms with Gasteiger partial charge in [0, 0.05) is 37.2 Å². The summed E-state index contributed by atoms with van der Waals surface area (Å²) < 4.78 is 2.67. The Morgan fingerprint density at radius 1 is 0.312 bits per heavy atom. The van der Waals surface area contributed by atoms with Crippen LogP contribution in [0.5, 0.6) is 0 Å². The first kappa shape index (κ1) is 27.2. The van der Waals surface area contributed by atoms with E-state index in [-0.39, 0.29) is 0 Å². The summed E-state index contributed by atoms with van der Waals surface area (Å²) in [4.78, 5) is 2.36. The van der Waals surface area contributed by atoms with Gasteiger partial charge in [0.15, 0.2) is 0 Å². The molecule has 0 fully saturated rings. The minimum atomic E-state index is 1.13. The van der Waals surface area contributed by atoms with E-state index in [0.29, 0.717) is 0 Å². The molecule has 1 nitrogen and oxygen atoms in total. The summed E-state index contributed by atoms with van der Waals surface area (Å²) in [5.41, 5.74) is 5.83. The predicted molar refractivity (Wildman–Crippen MR) is 209 cm³/mol.